The van der Waals surface area contributed by atoms with Gasteiger partial charge in [0.25, 0.3) is 5.91 Å². The number of rotatable bonds is 6. The zero-order valence-electron chi connectivity index (χ0n) is 17.9. The molecule has 1 heterocycles. The predicted octanol–water partition coefficient (Wildman–Crippen LogP) is 3.15. The van der Waals surface area contributed by atoms with E-state index in [0.717, 1.165) is 18.4 Å². The van der Waals surface area contributed by atoms with Gasteiger partial charge in [0.15, 0.2) is 0 Å². The van der Waals surface area contributed by atoms with Crippen LogP contribution in [0.5, 0.6) is 0 Å². The number of hydrogen-bond donors (Lipinski definition) is 1. The van der Waals surface area contributed by atoms with Crippen molar-refractivity contribution in [2.75, 3.05) is 19.7 Å². The average molecular weight is 403 g/mol. The quantitative estimate of drug-likeness (QED) is 0.794. The van der Waals surface area contributed by atoms with Gasteiger partial charge in [0.1, 0.15) is 6.61 Å². The van der Waals surface area contributed by atoms with Crippen LogP contribution in [0.15, 0.2) is 24.3 Å². The Bertz CT molecular complexity index is 681. The lowest BCUT2D eigenvalue weighted by Gasteiger charge is -2.35. The fourth-order valence-electron chi connectivity index (χ4n) is 4.27. The molecule has 0 bridgehead atoms. The summed E-state index contributed by atoms with van der Waals surface area (Å²) in [5.74, 6) is 0.610. The van der Waals surface area contributed by atoms with Crippen molar-refractivity contribution in [2.24, 2.45) is 5.92 Å². The van der Waals surface area contributed by atoms with E-state index in [2.05, 4.69) is 12.2 Å². The lowest BCUT2D eigenvalue weighted by molar-refractivity contribution is -0.128. The molecule has 1 saturated heterocycles. The third-order valence-electron chi connectivity index (χ3n) is 5.74. The predicted molar refractivity (Wildman–Crippen MR) is 112 cm³/mol. The number of morpholine rings is 1. The summed E-state index contributed by atoms with van der Waals surface area (Å²) in [6.45, 7) is 7.98. The van der Waals surface area contributed by atoms with Gasteiger partial charge < -0.3 is 19.7 Å². The third kappa shape index (κ3) is 6.54. The highest BCUT2D eigenvalue weighted by Crippen LogP contribution is 2.25. The lowest BCUT2D eigenvalue weighted by Crippen LogP contribution is -2.48. The van der Waals surface area contributed by atoms with E-state index < -0.39 is 0 Å². The van der Waals surface area contributed by atoms with Gasteiger partial charge in [0.2, 0.25) is 5.91 Å². The van der Waals surface area contributed by atoms with Gasteiger partial charge in [-0.15, -0.1) is 0 Å². The summed E-state index contributed by atoms with van der Waals surface area (Å²) >= 11 is 0. The van der Waals surface area contributed by atoms with E-state index in [4.69, 9.17) is 9.47 Å². The Hall–Kier alpha value is -1.92. The first-order chi connectivity index (χ1) is 13.9. The normalized spacial score (nSPS) is 27.5. The van der Waals surface area contributed by atoms with Crippen LogP contribution in [0, 0.1) is 5.92 Å². The number of carbonyl (C=O) groups is 2. The molecule has 2 fully saturated rings. The molecule has 3 rings (SSSR count). The molecule has 0 radical (unpaired) electrons. The molecular formula is C23H34N2O4. The molecule has 1 aromatic rings. The van der Waals surface area contributed by atoms with Gasteiger partial charge in [-0.1, -0.05) is 31.9 Å². The lowest BCUT2D eigenvalue weighted by atomic mass is 9.89. The fraction of sp³-hybridized carbons (Fsp3) is 0.652. The van der Waals surface area contributed by atoms with E-state index in [0.29, 0.717) is 31.1 Å². The number of hydrogen-bond acceptors (Lipinski definition) is 4. The summed E-state index contributed by atoms with van der Waals surface area (Å²) in [6.07, 6.45) is 4.85. The van der Waals surface area contributed by atoms with Crippen LogP contribution in [-0.4, -0.2) is 54.7 Å². The molecule has 0 aromatic heterocycles. The van der Waals surface area contributed by atoms with E-state index in [1.54, 1.807) is 0 Å². The molecule has 160 valence electrons. The van der Waals surface area contributed by atoms with Crippen LogP contribution in [0.25, 0.3) is 0 Å². The van der Waals surface area contributed by atoms with Crippen molar-refractivity contribution >= 4 is 11.8 Å². The molecule has 1 N–H and O–H groups in total. The zero-order chi connectivity index (χ0) is 20.8. The molecule has 1 aliphatic carbocycles. The minimum atomic E-state index is -0.0975. The maximum absolute atomic E-state index is 12.7. The number of nitrogens with one attached hydrogen (secondary N) is 1. The Balaban J connectivity index is 1.43. The Morgan fingerprint density at radius 3 is 2.45 bits per heavy atom. The maximum Gasteiger partial charge on any atom is 0.254 e. The molecule has 4 unspecified atom stereocenters. The highest BCUT2D eigenvalue weighted by Gasteiger charge is 2.26. The highest BCUT2D eigenvalue weighted by atomic mass is 16.5. The van der Waals surface area contributed by atoms with E-state index in [1.165, 1.54) is 12.8 Å². The largest absolute Gasteiger partial charge is 0.372 e. The molecule has 1 aromatic carbocycles. The van der Waals surface area contributed by atoms with Crippen molar-refractivity contribution in [1.29, 1.82) is 0 Å². The van der Waals surface area contributed by atoms with Crippen LogP contribution in [0.3, 0.4) is 0 Å². The van der Waals surface area contributed by atoms with Crippen molar-refractivity contribution in [3.63, 3.8) is 0 Å². The Morgan fingerprint density at radius 1 is 1.10 bits per heavy atom. The number of ether oxygens (including phenoxy) is 2. The second-order valence-electron chi connectivity index (χ2n) is 8.65. The van der Waals surface area contributed by atoms with E-state index >= 15 is 0 Å². The summed E-state index contributed by atoms with van der Waals surface area (Å²) in [4.78, 5) is 26.6. The summed E-state index contributed by atoms with van der Waals surface area (Å²) < 4.78 is 11.5. The monoisotopic (exact) mass is 402 g/mol. The number of carbonyl (C=O) groups excluding carboxylic acids is 2. The number of amides is 2. The third-order valence-corrected chi connectivity index (χ3v) is 5.74. The van der Waals surface area contributed by atoms with Crippen molar-refractivity contribution in [3.05, 3.63) is 35.4 Å². The van der Waals surface area contributed by atoms with Crippen LogP contribution in [0.2, 0.25) is 0 Å². The van der Waals surface area contributed by atoms with E-state index in [9.17, 15) is 9.59 Å². The molecule has 1 saturated carbocycles. The second-order valence-corrected chi connectivity index (χ2v) is 8.65. The molecule has 0 spiro atoms. The van der Waals surface area contributed by atoms with Crippen LogP contribution >= 0.6 is 0 Å². The molecule has 6 nitrogen and oxygen atoms in total. The second kappa shape index (κ2) is 10.2. The van der Waals surface area contributed by atoms with Crippen LogP contribution < -0.4 is 5.32 Å². The minimum Gasteiger partial charge on any atom is -0.372 e. The van der Waals surface area contributed by atoms with Crippen molar-refractivity contribution in [3.8, 4) is 0 Å². The van der Waals surface area contributed by atoms with Gasteiger partial charge in [0.05, 0.1) is 18.3 Å². The van der Waals surface area contributed by atoms with Gasteiger partial charge >= 0.3 is 0 Å². The summed E-state index contributed by atoms with van der Waals surface area (Å²) in [5, 5.41) is 2.90. The Kier molecular flexibility index (Phi) is 7.67. The van der Waals surface area contributed by atoms with Gasteiger partial charge in [-0.05, 0) is 50.3 Å². The molecular weight excluding hydrogens is 368 g/mol. The van der Waals surface area contributed by atoms with Gasteiger partial charge in [0, 0.05) is 25.2 Å². The number of nitrogens with zero attached hydrogens (tertiary/aromatic N) is 1. The number of benzene rings is 1. The highest BCUT2D eigenvalue weighted by molar-refractivity contribution is 5.94. The molecule has 2 amide bonds. The average Bonchev–Trinajstić information content (AvgIpc) is 2.70. The maximum atomic E-state index is 12.7. The molecule has 4 atom stereocenters. The van der Waals surface area contributed by atoms with E-state index in [1.807, 2.05) is 43.0 Å². The van der Waals surface area contributed by atoms with E-state index in [-0.39, 0.29) is 36.7 Å². The van der Waals surface area contributed by atoms with Crippen molar-refractivity contribution < 1.29 is 19.1 Å². The van der Waals surface area contributed by atoms with Gasteiger partial charge in [-0.25, -0.2) is 0 Å². The first-order valence-electron chi connectivity index (χ1n) is 10.8. The van der Waals surface area contributed by atoms with Gasteiger partial charge in [-0.3, -0.25) is 9.59 Å². The van der Waals surface area contributed by atoms with Crippen LogP contribution in [0.4, 0.5) is 0 Å². The topological polar surface area (TPSA) is 67.9 Å². The Labute approximate surface area is 173 Å². The minimum absolute atomic E-state index is 0.0256. The molecule has 6 heteroatoms. The SMILES string of the molecule is CC1CCCC(OCC(=O)NCc2ccc(C(=O)N3CC(C)OC(C)C3)cc2)C1. The van der Waals surface area contributed by atoms with Gasteiger partial charge in [-0.2, -0.15) is 0 Å². The summed E-state index contributed by atoms with van der Waals surface area (Å²) in [6, 6.07) is 7.44. The molecule has 29 heavy (non-hydrogen) atoms. The van der Waals surface area contributed by atoms with Crippen molar-refractivity contribution in [1.82, 2.24) is 10.2 Å². The standard InChI is InChI=1S/C23H34N2O4/c1-16-5-4-6-21(11-16)28-15-22(26)24-12-19-7-9-20(10-8-19)23(27)25-13-17(2)29-18(3)14-25/h7-10,16-18,21H,4-6,11-15H2,1-3H3,(H,24,26). The van der Waals surface area contributed by atoms with Crippen LogP contribution in [0.1, 0.15) is 62.4 Å². The summed E-state index contributed by atoms with van der Waals surface area (Å²) in [7, 11) is 0. The zero-order valence-corrected chi connectivity index (χ0v) is 17.9. The smallest absolute Gasteiger partial charge is 0.254 e. The first kappa shape index (κ1) is 21.8. The Morgan fingerprint density at radius 2 is 1.79 bits per heavy atom. The molecule has 2 aliphatic rings. The van der Waals surface area contributed by atoms with Crippen LogP contribution in [-0.2, 0) is 20.8 Å². The fourth-order valence-corrected chi connectivity index (χ4v) is 4.27. The molecule has 1 aliphatic heterocycles. The van der Waals surface area contributed by atoms with Crippen molar-refractivity contribution in [2.45, 2.75) is 71.3 Å². The first-order valence-corrected chi connectivity index (χ1v) is 10.8. The summed E-state index contributed by atoms with van der Waals surface area (Å²) in [5.41, 5.74) is 1.63.